The Morgan fingerprint density at radius 1 is 0.935 bits per heavy atom. The van der Waals surface area contributed by atoms with Gasteiger partial charge in [0.15, 0.2) is 5.82 Å². The topological polar surface area (TPSA) is 96.4 Å². The number of methoxy groups -OCH3 is 1. The van der Waals surface area contributed by atoms with Crippen molar-refractivity contribution in [2.24, 2.45) is 0 Å². The molecule has 0 unspecified atom stereocenters. The van der Waals surface area contributed by atoms with E-state index in [4.69, 9.17) is 4.74 Å². The summed E-state index contributed by atoms with van der Waals surface area (Å²) < 4.78 is 46.5. The maximum absolute atomic E-state index is 12.8. The standard InChI is InChI=1S/C18H15F3N8OS/c1-30-15-8-2-12(3-9-15)10-28-17(23-25-26-28)31-11-16-22-24-27-29(16)14-6-4-13(5-7-14)18(19,20)21/h2-9H,10-11H2,1H3. The van der Waals surface area contributed by atoms with Crippen LogP contribution in [0.25, 0.3) is 5.69 Å². The third-order valence-electron chi connectivity index (χ3n) is 4.29. The van der Waals surface area contributed by atoms with Gasteiger partial charge in [-0.2, -0.15) is 17.9 Å². The molecule has 2 aromatic carbocycles. The van der Waals surface area contributed by atoms with Crippen LogP contribution in [0.1, 0.15) is 17.0 Å². The van der Waals surface area contributed by atoms with Crippen LogP contribution in [0.5, 0.6) is 5.75 Å². The minimum atomic E-state index is -4.40. The zero-order chi connectivity index (χ0) is 21.8. The first-order chi connectivity index (χ1) is 14.9. The second-order valence-electron chi connectivity index (χ2n) is 6.31. The summed E-state index contributed by atoms with van der Waals surface area (Å²) in [6.07, 6.45) is -4.40. The fourth-order valence-electron chi connectivity index (χ4n) is 2.72. The first-order valence-electron chi connectivity index (χ1n) is 8.91. The van der Waals surface area contributed by atoms with Gasteiger partial charge >= 0.3 is 6.18 Å². The molecular weight excluding hydrogens is 433 g/mol. The van der Waals surface area contributed by atoms with Crippen LogP contribution in [0.2, 0.25) is 0 Å². The van der Waals surface area contributed by atoms with Gasteiger partial charge in [0.05, 0.1) is 30.7 Å². The lowest BCUT2D eigenvalue weighted by molar-refractivity contribution is -0.137. The van der Waals surface area contributed by atoms with Gasteiger partial charge in [-0.05, 0) is 62.8 Å². The van der Waals surface area contributed by atoms with E-state index >= 15 is 0 Å². The molecule has 4 aromatic rings. The summed E-state index contributed by atoms with van der Waals surface area (Å²) in [4.78, 5) is 0. The van der Waals surface area contributed by atoms with E-state index < -0.39 is 11.7 Å². The molecule has 2 heterocycles. The van der Waals surface area contributed by atoms with E-state index in [-0.39, 0.29) is 0 Å². The minimum absolute atomic E-state index is 0.316. The average molecular weight is 448 g/mol. The van der Waals surface area contributed by atoms with Gasteiger partial charge in [0.1, 0.15) is 5.75 Å². The highest BCUT2D eigenvalue weighted by molar-refractivity contribution is 7.98. The number of hydrogen-bond donors (Lipinski definition) is 0. The molecule has 0 saturated heterocycles. The van der Waals surface area contributed by atoms with Crippen molar-refractivity contribution in [2.45, 2.75) is 23.6 Å². The molecule has 13 heteroatoms. The predicted molar refractivity (Wildman–Crippen MR) is 104 cm³/mol. The third kappa shape index (κ3) is 4.82. The number of ether oxygens (including phenoxy) is 1. The number of tetrazole rings is 2. The monoisotopic (exact) mass is 448 g/mol. The molecule has 2 aromatic heterocycles. The van der Waals surface area contributed by atoms with E-state index in [2.05, 4.69) is 31.1 Å². The molecule has 160 valence electrons. The lowest BCUT2D eigenvalue weighted by Crippen LogP contribution is -2.07. The number of aromatic nitrogens is 8. The lowest BCUT2D eigenvalue weighted by atomic mass is 10.2. The van der Waals surface area contributed by atoms with E-state index in [1.165, 1.54) is 28.6 Å². The van der Waals surface area contributed by atoms with Crippen LogP contribution < -0.4 is 4.74 Å². The van der Waals surface area contributed by atoms with Crippen LogP contribution in [-0.2, 0) is 18.5 Å². The Hall–Kier alpha value is -3.48. The van der Waals surface area contributed by atoms with Crippen LogP contribution in [0.4, 0.5) is 13.2 Å². The quantitative estimate of drug-likeness (QED) is 0.398. The number of rotatable bonds is 7. The summed E-state index contributed by atoms with van der Waals surface area (Å²) >= 11 is 1.31. The number of nitrogens with zero attached hydrogens (tertiary/aromatic N) is 8. The maximum atomic E-state index is 12.8. The highest BCUT2D eigenvalue weighted by atomic mass is 32.2. The van der Waals surface area contributed by atoms with Crippen molar-refractivity contribution in [1.29, 1.82) is 0 Å². The van der Waals surface area contributed by atoms with Gasteiger partial charge in [-0.3, -0.25) is 0 Å². The molecule has 31 heavy (non-hydrogen) atoms. The molecule has 0 N–H and O–H groups in total. The smallest absolute Gasteiger partial charge is 0.416 e. The molecule has 0 spiro atoms. The Morgan fingerprint density at radius 2 is 1.65 bits per heavy atom. The zero-order valence-corrected chi connectivity index (χ0v) is 16.9. The summed E-state index contributed by atoms with van der Waals surface area (Å²) in [6, 6.07) is 12.2. The van der Waals surface area contributed by atoms with Gasteiger partial charge in [0.25, 0.3) is 0 Å². The highest BCUT2D eigenvalue weighted by Gasteiger charge is 2.30. The van der Waals surface area contributed by atoms with Crippen LogP contribution in [-0.4, -0.2) is 47.5 Å². The third-order valence-corrected chi connectivity index (χ3v) is 5.25. The van der Waals surface area contributed by atoms with Gasteiger partial charge in [-0.1, -0.05) is 23.9 Å². The first-order valence-corrected chi connectivity index (χ1v) is 9.89. The number of benzene rings is 2. The Bertz CT molecular complexity index is 1140. The van der Waals surface area contributed by atoms with Gasteiger partial charge in [-0.15, -0.1) is 10.2 Å². The van der Waals surface area contributed by atoms with Crippen molar-refractivity contribution in [3.63, 3.8) is 0 Å². The van der Waals surface area contributed by atoms with E-state index in [1.807, 2.05) is 24.3 Å². The molecule has 0 aliphatic heterocycles. The molecule has 0 radical (unpaired) electrons. The van der Waals surface area contributed by atoms with Crippen molar-refractivity contribution in [2.75, 3.05) is 7.11 Å². The van der Waals surface area contributed by atoms with E-state index in [1.54, 1.807) is 11.8 Å². The molecule has 0 fully saturated rings. The first kappa shape index (κ1) is 20.8. The fourth-order valence-corrected chi connectivity index (χ4v) is 3.50. The SMILES string of the molecule is COc1ccc(Cn2nnnc2SCc2nnnn2-c2ccc(C(F)(F)F)cc2)cc1. The normalized spacial score (nSPS) is 11.6. The largest absolute Gasteiger partial charge is 0.497 e. The maximum Gasteiger partial charge on any atom is 0.416 e. The predicted octanol–water partition coefficient (Wildman–Crippen LogP) is 3.02. The summed E-state index contributed by atoms with van der Waals surface area (Å²) in [5.74, 6) is 1.52. The van der Waals surface area contributed by atoms with Gasteiger partial charge in [0.2, 0.25) is 5.16 Å². The Balaban J connectivity index is 1.45. The molecule has 4 rings (SSSR count). The number of halogens is 3. The Kier molecular flexibility index (Phi) is 5.84. The summed E-state index contributed by atoms with van der Waals surface area (Å²) in [5, 5.41) is 23.8. The minimum Gasteiger partial charge on any atom is -0.497 e. The highest BCUT2D eigenvalue weighted by Crippen LogP contribution is 2.30. The van der Waals surface area contributed by atoms with Crippen LogP contribution in [0, 0.1) is 0 Å². The fraction of sp³-hybridized carbons (Fsp3) is 0.222. The number of hydrogen-bond acceptors (Lipinski definition) is 8. The average Bonchev–Trinajstić information content (AvgIpc) is 3.41. The van der Waals surface area contributed by atoms with Crippen LogP contribution >= 0.6 is 11.8 Å². The van der Waals surface area contributed by atoms with Gasteiger partial charge in [0, 0.05) is 0 Å². The van der Waals surface area contributed by atoms with Crippen molar-refractivity contribution in [3.8, 4) is 11.4 Å². The summed E-state index contributed by atoms with van der Waals surface area (Å²) in [6.45, 7) is 0.461. The van der Waals surface area contributed by atoms with E-state index in [9.17, 15) is 13.2 Å². The molecule has 9 nitrogen and oxygen atoms in total. The molecule has 0 atom stereocenters. The molecular formula is C18H15F3N8OS. The van der Waals surface area contributed by atoms with Crippen molar-refractivity contribution in [3.05, 3.63) is 65.5 Å². The molecule has 0 bridgehead atoms. The van der Waals surface area contributed by atoms with Crippen molar-refractivity contribution >= 4 is 11.8 Å². The van der Waals surface area contributed by atoms with Crippen molar-refractivity contribution in [1.82, 2.24) is 40.4 Å². The Labute approximate surface area is 178 Å². The Morgan fingerprint density at radius 3 is 2.32 bits per heavy atom. The lowest BCUT2D eigenvalue weighted by Gasteiger charge is -2.08. The molecule has 0 aliphatic rings. The van der Waals surface area contributed by atoms with Gasteiger partial charge in [-0.25, -0.2) is 4.68 Å². The number of alkyl halides is 3. The molecule has 0 aliphatic carbocycles. The number of thioether (sulfide) groups is 1. The summed E-state index contributed by atoms with van der Waals surface area (Å²) in [7, 11) is 1.60. The van der Waals surface area contributed by atoms with Gasteiger partial charge < -0.3 is 4.74 Å². The second-order valence-corrected chi connectivity index (χ2v) is 7.25. The molecule has 0 saturated carbocycles. The summed E-state index contributed by atoms with van der Waals surface area (Å²) in [5.41, 5.74) is 0.675. The van der Waals surface area contributed by atoms with Crippen LogP contribution in [0.15, 0.2) is 53.7 Å². The van der Waals surface area contributed by atoms with E-state index in [0.717, 1.165) is 23.4 Å². The zero-order valence-electron chi connectivity index (χ0n) is 16.1. The van der Waals surface area contributed by atoms with Crippen molar-refractivity contribution < 1.29 is 17.9 Å². The van der Waals surface area contributed by atoms with Crippen LogP contribution in [0.3, 0.4) is 0 Å². The second kappa shape index (κ2) is 8.71. The molecule has 0 amide bonds. The van der Waals surface area contributed by atoms with E-state index in [0.29, 0.717) is 29.0 Å².